The van der Waals surface area contributed by atoms with Gasteiger partial charge in [0, 0.05) is 6.21 Å². The summed E-state index contributed by atoms with van der Waals surface area (Å²) in [5.41, 5.74) is 1.74. The first-order chi connectivity index (χ1) is 12.7. The highest BCUT2D eigenvalue weighted by molar-refractivity contribution is 5.82. The summed E-state index contributed by atoms with van der Waals surface area (Å²) in [5, 5.41) is 0. The van der Waals surface area contributed by atoms with Crippen molar-refractivity contribution in [3.05, 3.63) is 54.1 Å². The molecule has 0 atom stereocenters. The molecule has 5 nitrogen and oxygen atoms in total. The SMILES string of the molecule is CCCCCCOC(=O)Oc1ccc(N=Cc2ccc(OC)cc2)cc1. The van der Waals surface area contributed by atoms with E-state index in [0.29, 0.717) is 12.4 Å². The van der Waals surface area contributed by atoms with E-state index in [1.54, 1.807) is 37.6 Å². The van der Waals surface area contributed by atoms with Gasteiger partial charge >= 0.3 is 6.16 Å². The zero-order valence-electron chi connectivity index (χ0n) is 15.3. The highest BCUT2D eigenvalue weighted by Gasteiger charge is 2.05. The zero-order valence-corrected chi connectivity index (χ0v) is 15.3. The molecule has 0 saturated carbocycles. The number of rotatable bonds is 9. The summed E-state index contributed by atoms with van der Waals surface area (Å²) in [7, 11) is 1.63. The molecule has 0 amide bonds. The van der Waals surface area contributed by atoms with Crippen LogP contribution in [0.25, 0.3) is 0 Å². The molecule has 0 aliphatic carbocycles. The molecule has 0 heterocycles. The molecule has 0 saturated heterocycles. The van der Waals surface area contributed by atoms with Crippen molar-refractivity contribution in [3.63, 3.8) is 0 Å². The van der Waals surface area contributed by atoms with E-state index in [1.165, 1.54) is 0 Å². The van der Waals surface area contributed by atoms with E-state index in [4.69, 9.17) is 14.2 Å². The quantitative estimate of drug-likeness (QED) is 0.256. The number of nitrogens with zero attached hydrogens (tertiary/aromatic N) is 1. The Kier molecular flexibility index (Phi) is 8.19. The van der Waals surface area contributed by atoms with Crippen molar-refractivity contribution in [2.75, 3.05) is 13.7 Å². The molecule has 2 aromatic rings. The lowest BCUT2D eigenvalue weighted by Gasteiger charge is -2.06. The van der Waals surface area contributed by atoms with E-state index < -0.39 is 6.16 Å². The van der Waals surface area contributed by atoms with Crippen molar-refractivity contribution >= 4 is 18.1 Å². The Hall–Kier alpha value is -2.82. The van der Waals surface area contributed by atoms with Gasteiger partial charge in [-0.2, -0.15) is 0 Å². The summed E-state index contributed by atoms with van der Waals surface area (Å²) in [6.07, 6.45) is 5.32. The van der Waals surface area contributed by atoms with Gasteiger partial charge in [-0.25, -0.2) is 4.79 Å². The molecule has 0 aliphatic heterocycles. The lowest BCUT2D eigenvalue weighted by atomic mass is 10.2. The van der Waals surface area contributed by atoms with Gasteiger partial charge in [0.25, 0.3) is 0 Å². The fourth-order valence-corrected chi connectivity index (χ4v) is 2.25. The predicted molar refractivity (Wildman–Crippen MR) is 103 cm³/mol. The van der Waals surface area contributed by atoms with Gasteiger partial charge in [0.05, 0.1) is 19.4 Å². The topological polar surface area (TPSA) is 57.1 Å². The van der Waals surface area contributed by atoms with Crippen molar-refractivity contribution in [2.24, 2.45) is 4.99 Å². The van der Waals surface area contributed by atoms with E-state index in [0.717, 1.165) is 42.7 Å². The average Bonchev–Trinajstić information content (AvgIpc) is 2.67. The highest BCUT2D eigenvalue weighted by Crippen LogP contribution is 2.19. The van der Waals surface area contributed by atoms with Crippen LogP contribution in [0.3, 0.4) is 0 Å². The molecule has 0 bridgehead atoms. The number of hydrogen-bond acceptors (Lipinski definition) is 5. The predicted octanol–water partition coefficient (Wildman–Crippen LogP) is 5.54. The molecule has 138 valence electrons. The maximum Gasteiger partial charge on any atom is 0.513 e. The molecule has 0 aliphatic rings. The molecule has 0 spiro atoms. The van der Waals surface area contributed by atoms with Crippen molar-refractivity contribution in [3.8, 4) is 11.5 Å². The Morgan fingerprint density at radius 2 is 1.65 bits per heavy atom. The summed E-state index contributed by atoms with van der Waals surface area (Å²) in [6, 6.07) is 14.6. The summed E-state index contributed by atoms with van der Waals surface area (Å²) < 4.78 is 15.3. The van der Waals surface area contributed by atoms with Crippen LogP contribution in [0.5, 0.6) is 11.5 Å². The summed E-state index contributed by atoms with van der Waals surface area (Å²) in [5.74, 6) is 1.24. The molecule has 0 unspecified atom stereocenters. The maximum absolute atomic E-state index is 11.6. The fraction of sp³-hybridized carbons (Fsp3) is 0.333. The van der Waals surface area contributed by atoms with Crippen LogP contribution in [-0.4, -0.2) is 26.1 Å². The third kappa shape index (κ3) is 6.97. The van der Waals surface area contributed by atoms with E-state index in [-0.39, 0.29) is 0 Å². The van der Waals surface area contributed by atoms with E-state index >= 15 is 0 Å². The number of carbonyl (C=O) groups excluding carboxylic acids is 1. The Balaban J connectivity index is 1.79. The van der Waals surface area contributed by atoms with E-state index in [9.17, 15) is 4.79 Å². The zero-order chi connectivity index (χ0) is 18.6. The molecule has 0 radical (unpaired) electrons. The number of aliphatic imine (C=N–C) groups is 1. The minimum atomic E-state index is -0.670. The minimum absolute atomic E-state index is 0.392. The molecule has 26 heavy (non-hydrogen) atoms. The second kappa shape index (κ2) is 10.9. The Morgan fingerprint density at radius 3 is 2.31 bits per heavy atom. The van der Waals surface area contributed by atoms with Gasteiger partial charge in [0.1, 0.15) is 11.5 Å². The maximum atomic E-state index is 11.6. The van der Waals surface area contributed by atoms with Crippen LogP contribution in [0.15, 0.2) is 53.5 Å². The lowest BCUT2D eigenvalue weighted by molar-refractivity contribution is 0.0973. The first-order valence-electron chi connectivity index (χ1n) is 8.84. The van der Waals surface area contributed by atoms with Crippen LogP contribution < -0.4 is 9.47 Å². The Morgan fingerprint density at radius 1 is 0.962 bits per heavy atom. The summed E-state index contributed by atoms with van der Waals surface area (Å²) in [6.45, 7) is 2.53. The van der Waals surface area contributed by atoms with Gasteiger partial charge in [0.15, 0.2) is 0 Å². The van der Waals surface area contributed by atoms with Crippen molar-refractivity contribution in [1.29, 1.82) is 0 Å². The average molecular weight is 355 g/mol. The van der Waals surface area contributed by atoms with Crippen LogP contribution in [0, 0.1) is 0 Å². The van der Waals surface area contributed by atoms with Gasteiger partial charge < -0.3 is 14.2 Å². The molecular weight excluding hydrogens is 330 g/mol. The molecule has 0 fully saturated rings. The number of unbranched alkanes of at least 4 members (excludes halogenated alkanes) is 3. The van der Waals surface area contributed by atoms with Crippen LogP contribution in [0.1, 0.15) is 38.2 Å². The monoisotopic (exact) mass is 355 g/mol. The molecule has 5 heteroatoms. The van der Waals surface area contributed by atoms with Gasteiger partial charge in [-0.15, -0.1) is 0 Å². The van der Waals surface area contributed by atoms with Crippen LogP contribution in [0.2, 0.25) is 0 Å². The number of carbonyl (C=O) groups is 1. The van der Waals surface area contributed by atoms with Gasteiger partial charge in [-0.3, -0.25) is 4.99 Å². The Labute approximate surface area is 154 Å². The first-order valence-corrected chi connectivity index (χ1v) is 8.84. The first kappa shape index (κ1) is 19.5. The number of ether oxygens (including phenoxy) is 3. The van der Waals surface area contributed by atoms with Crippen molar-refractivity contribution < 1.29 is 19.0 Å². The summed E-state index contributed by atoms with van der Waals surface area (Å²) >= 11 is 0. The Bertz CT molecular complexity index is 693. The second-order valence-corrected chi connectivity index (χ2v) is 5.79. The van der Waals surface area contributed by atoms with Crippen molar-refractivity contribution in [2.45, 2.75) is 32.6 Å². The lowest BCUT2D eigenvalue weighted by Crippen LogP contribution is -2.11. The van der Waals surface area contributed by atoms with Crippen LogP contribution in [0.4, 0.5) is 10.5 Å². The van der Waals surface area contributed by atoms with Gasteiger partial charge in [-0.1, -0.05) is 26.2 Å². The van der Waals surface area contributed by atoms with Crippen molar-refractivity contribution in [1.82, 2.24) is 0 Å². The van der Waals surface area contributed by atoms with E-state index in [2.05, 4.69) is 11.9 Å². The van der Waals surface area contributed by atoms with Gasteiger partial charge in [0.2, 0.25) is 0 Å². The number of hydrogen-bond donors (Lipinski definition) is 0. The molecular formula is C21H25NO4. The van der Waals surface area contributed by atoms with Gasteiger partial charge in [-0.05, 0) is 60.5 Å². The third-order valence-electron chi connectivity index (χ3n) is 3.73. The molecule has 0 N–H and O–H groups in total. The third-order valence-corrected chi connectivity index (χ3v) is 3.73. The normalized spacial score (nSPS) is 10.7. The smallest absolute Gasteiger partial charge is 0.497 e. The highest BCUT2D eigenvalue weighted by atomic mass is 16.7. The number of benzene rings is 2. The largest absolute Gasteiger partial charge is 0.513 e. The minimum Gasteiger partial charge on any atom is -0.497 e. The molecule has 2 rings (SSSR count). The fourth-order valence-electron chi connectivity index (χ4n) is 2.25. The second-order valence-electron chi connectivity index (χ2n) is 5.79. The van der Waals surface area contributed by atoms with E-state index in [1.807, 2.05) is 24.3 Å². The summed E-state index contributed by atoms with van der Waals surface area (Å²) in [4.78, 5) is 16.0. The van der Waals surface area contributed by atoms with Crippen LogP contribution >= 0.6 is 0 Å². The molecule has 0 aromatic heterocycles. The molecule has 2 aromatic carbocycles. The standard InChI is InChI=1S/C21H25NO4/c1-3-4-5-6-15-25-21(23)26-20-13-9-18(10-14-20)22-16-17-7-11-19(24-2)12-8-17/h7-14,16H,3-6,15H2,1-2H3. The van der Waals surface area contributed by atoms with Crippen LogP contribution in [-0.2, 0) is 4.74 Å². The number of methoxy groups -OCH3 is 1.